The lowest BCUT2D eigenvalue weighted by atomic mass is 9.93. The van der Waals surface area contributed by atoms with Crippen molar-refractivity contribution >= 4 is 23.3 Å². The number of nitrogens with zero attached hydrogens (tertiary/aromatic N) is 2. The molecule has 29 heavy (non-hydrogen) atoms. The first kappa shape index (κ1) is 21.1. The summed E-state index contributed by atoms with van der Waals surface area (Å²) >= 11 is 1.75. The number of carbonyl (C=O) groups excluding carboxylic acids is 2. The molecule has 0 saturated heterocycles. The number of thiophene rings is 1. The maximum atomic E-state index is 13.3. The van der Waals surface area contributed by atoms with Crippen molar-refractivity contribution in [3.8, 4) is 0 Å². The average Bonchev–Trinajstić information content (AvgIpc) is 3.22. The number of hydrogen-bond acceptors (Lipinski definition) is 3. The number of rotatable bonds is 8. The maximum Gasteiger partial charge on any atom is 0.318 e. The van der Waals surface area contributed by atoms with E-state index in [1.54, 1.807) is 17.4 Å². The molecule has 6 heteroatoms. The Bertz CT molecular complexity index is 834. The Kier molecular flexibility index (Phi) is 7.47. The minimum atomic E-state index is -0.212. The van der Waals surface area contributed by atoms with Crippen LogP contribution in [0.5, 0.6) is 0 Å². The first-order chi connectivity index (χ1) is 14.2. The lowest BCUT2D eigenvalue weighted by molar-refractivity contribution is -0.133. The second-order valence-electron chi connectivity index (χ2n) is 7.20. The molecule has 0 fully saturated rings. The van der Waals surface area contributed by atoms with Crippen LogP contribution in [-0.2, 0) is 11.2 Å². The van der Waals surface area contributed by atoms with Crippen LogP contribution in [0.25, 0.3) is 0 Å². The predicted octanol–water partition coefficient (Wildman–Crippen LogP) is 4.22. The van der Waals surface area contributed by atoms with Gasteiger partial charge in [-0.05, 0) is 35.4 Å². The van der Waals surface area contributed by atoms with Gasteiger partial charge in [0, 0.05) is 24.5 Å². The van der Waals surface area contributed by atoms with E-state index in [0.717, 1.165) is 24.8 Å². The Morgan fingerprint density at radius 3 is 2.83 bits per heavy atom. The molecule has 0 spiro atoms. The monoisotopic (exact) mass is 411 g/mol. The third kappa shape index (κ3) is 5.07. The first-order valence-electron chi connectivity index (χ1n) is 10.2. The molecule has 2 aromatic rings. The lowest BCUT2D eigenvalue weighted by Crippen LogP contribution is -2.49. The highest BCUT2D eigenvalue weighted by molar-refractivity contribution is 7.10. The van der Waals surface area contributed by atoms with Gasteiger partial charge in [-0.3, -0.25) is 4.79 Å². The quantitative estimate of drug-likeness (QED) is 0.522. The number of hydrogen-bond donors (Lipinski definition) is 1. The second-order valence-corrected chi connectivity index (χ2v) is 8.20. The van der Waals surface area contributed by atoms with Gasteiger partial charge in [-0.2, -0.15) is 0 Å². The largest absolute Gasteiger partial charge is 0.338 e. The summed E-state index contributed by atoms with van der Waals surface area (Å²) in [5.41, 5.74) is 2.30. The molecule has 0 aliphatic carbocycles. The number of unbranched alkanes of at least 4 members (excludes halogenated alkanes) is 1. The Hall–Kier alpha value is -2.60. The number of fused-ring (bicyclic) bond motifs is 1. The Balaban J connectivity index is 1.79. The molecule has 0 radical (unpaired) electrons. The molecule has 2 heterocycles. The highest BCUT2D eigenvalue weighted by Crippen LogP contribution is 2.37. The first-order valence-corrected chi connectivity index (χ1v) is 11.1. The summed E-state index contributed by atoms with van der Waals surface area (Å²) in [6.07, 6.45) is 4.45. The van der Waals surface area contributed by atoms with Crippen LogP contribution >= 0.6 is 11.3 Å². The van der Waals surface area contributed by atoms with E-state index in [9.17, 15) is 9.59 Å². The van der Waals surface area contributed by atoms with Crippen molar-refractivity contribution in [3.63, 3.8) is 0 Å². The van der Waals surface area contributed by atoms with Gasteiger partial charge < -0.3 is 15.1 Å². The molecule has 154 valence electrons. The van der Waals surface area contributed by atoms with E-state index in [0.29, 0.717) is 19.6 Å². The molecule has 1 aliphatic rings. The number of nitrogens with one attached hydrogen (secondary N) is 1. The molecule has 1 N–H and O–H groups in total. The average molecular weight is 412 g/mol. The lowest BCUT2D eigenvalue weighted by Gasteiger charge is -2.37. The van der Waals surface area contributed by atoms with Crippen LogP contribution in [0.2, 0.25) is 0 Å². The second kappa shape index (κ2) is 10.3. The molecule has 1 aliphatic heterocycles. The van der Waals surface area contributed by atoms with E-state index < -0.39 is 0 Å². The van der Waals surface area contributed by atoms with E-state index >= 15 is 0 Å². The van der Waals surface area contributed by atoms with Crippen molar-refractivity contribution in [1.29, 1.82) is 0 Å². The van der Waals surface area contributed by atoms with Gasteiger partial charge in [-0.1, -0.05) is 49.8 Å². The van der Waals surface area contributed by atoms with Gasteiger partial charge in [0.2, 0.25) is 5.91 Å². The van der Waals surface area contributed by atoms with Gasteiger partial charge in [0.15, 0.2) is 0 Å². The minimum absolute atomic E-state index is 0.0387. The summed E-state index contributed by atoms with van der Waals surface area (Å²) in [4.78, 5) is 30.6. The maximum absolute atomic E-state index is 13.3. The number of benzene rings is 1. The summed E-state index contributed by atoms with van der Waals surface area (Å²) < 4.78 is 0. The zero-order chi connectivity index (χ0) is 20.6. The summed E-state index contributed by atoms with van der Waals surface area (Å²) in [7, 11) is 0. The molecule has 1 aromatic carbocycles. The number of amides is 3. The fourth-order valence-corrected chi connectivity index (χ4v) is 4.60. The molecule has 0 saturated carbocycles. The fraction of sp³-hybridized carbons (Fsp3) is 0.391. The van der Waals surface area contributed by atoms with E-state index in [4.69, 9.17) is 0 Å². The van der Waals surface area contributed by atoms with Gasteiger partial charge in [0.1, 0.15) is 6.54 Å². The van der Waals surface area contributed by atoms with Crippen molar-refractivity contribution in [2.24, 2.45) is 0 Å². The van der Waals surface area contributed by atoms with E-state index in [1.165, 1.54) is 15.3 Å². The van der Waals surface area contributed by atoms with Gasteiger partial charge in [-0.15, -0.1) is 17.9 Å². The zero-order valence-electron chi connectivity index (χ0n) is 17.0. The van der Waals surface area contributed by atoms with Crippen molar-refractivity contribution in [3.05, 3.63) is 70.4 Å². The zero-order valence-corrected chi connectivity index (χ0v) is 17.8. The van der Waals surface area contributed by atoms with Gasteiger partial charge in [-0.25, -0.2) is 4.79 Å². The van der Waals surface area contributed by atoms with Crippen LogP contribution in [0, 0.1) is 0 Å². The van der Waals surface area contributed by atoms with E-state index in [2.05, 4.69) is 42.4 Å². The van der Waals surface area contributed by atoms with E-state index in [1.807, 2.05) is 23.1 Å². The fourth-order valence-electron chi connectivity index (χ4n) is 3.69. The van der Waals surface area contributed by atoms with Crippen molar-refractivity contribution in [1.82, 2.24) is 15.1 Å². The summed E-state index contributed by atoms with van der Waals surface area (Å²) in [6.45, 7) is 7.49. The Morgan fingerprint density at radius 2 is 2.10 bits per heavy atom. The van der Waals surface area contributed by atoms with Crippen LogP contribution in [0.3, 0.4) is 0 Å². The van der Waals surface area contributed by atoms with Gasteiger partial charge >= 0.3 is 6.03 Å². The highest BCUT2D eigenvalue weighted by atomic mass is 32.1. The van der Waals surface area contributed by atoms with Crippen LogP contribution in [0.15, 0.2) is 54.4 Å². The van der Waals surface area contributed by atoms with Crippen molar-refractivity contribution < 1.29 is 9.59 Å². The molecule has 5 nitrogen and oxygen atoms in total. The normalized spacial score (nSPS) is 15.5. The minimum Gasteiger partial charge on any atom is -0.338 e. The molecule has 3 rings (SSSR count). The van der Waals surface area contributed by atoms with Crippen LogP contribution < -0.4 is 5.32 Å². The topological polar surface area (TPSA) is 52.7 Å². The molecule has 3 amide bonds. The van der Waals surface area contributed by atoms with Crippen LogP contribution in [0.1, 0.15) is 41.8 Å². The van der Waals surface area contributed by atoms with Crippen LogP contribution in [0.4, 0.5) is 4.79 Å². The summed E-state index contributed by atoms with van der Waals surface area (Å²) in [6, 6.07) is 11.9. The summed E-state index contributed by atoms with van der Waals surface area (Å²) in [5, 5.41) is 5.00. The molecule has 1 aromatic heterocycles. The molecule has 0 unspecified atom stereocenters. The summed E-state index contributed by atoms with van der Waals surface area (Å²) in [5.74, 6) is -0.0387. The van der Waals surface area contributed by atoms with E-state index in [-0.39, 0.29) is 24.5 Å². The smallest absolute Gasteiger partial charge is 0.318 e. The standard InChI is InChI=1S/C23H29N3O2S/c1-3-5-13-24-23(28)25(14-4-2)17-21(27)26-15-11-20-19(12-16-29-20)22(26)18-9-7-6-8-10-18/h4,6-10,12,16,22H,2-3,5,11,13-15,17H2,1H3,(H,24,28)/t22-/m1/s1. The van der Waals surface area contributed by atoms with Crippen molar-refractivity contribution in [2.45, 2.75) is 32.2 Å². The van der Waals surface area contributed by atoms with Crippen LogP contribution in [-0.4, -0.2) is 47.9 Å². The van der Waals surface area contributed by atoms with Crippen molar-refractivity contribution in [2.75, 3.05) is 26.2 Å². The van der Waals surface area contributed by atoms with Gasteiger partial charge in [0.05, 0.1) is 6.04 Å². The number of carbonyl (C=O) groups is 2. The predicted molar refractivity (Wildman–Crippen MR) is 118 cm³/mol. The Morgan fingerprint density at radius 1 is 1.31 bits per heavy atom. The van der Waals surface area contributed by atoms with Gasteiger partial charge in [0.25, 0.3) is 0 Å². The highest BCUT2D eigenvalue weighted by Gasteiger charge is 2.33. The molecule has 1 atom stereocenters. The SMILES string of the molecule is C=CCN(CC(=O)N1CCc2sccc2[C@H]1c1ccccc1)C(=O)NCCCC. The third-order valence-electron chi connectivity index (χ3n) is 5.17. The molecule has 0 bridgehead atoms. The molecular formula is C23H29N3O2S. The number of urea groups is 1. The third-order valence-corrected chi connectivity index (χ3v) is 6.17. The Labute approximate surface area is 177 Å². The molecular weight excluding hydrogens is 382 g/mol.